The summed E-state index contributed by atoms with van der Waals surface area (Å²) in [7, 11) is 0. The Hall–Kier alpha value is -2.67. The van der Waals surface area contributed by atoms with Crippen LogP contribution in [0.4, 0.5) is 11.6 Å². The van der Waals surface area contributed by atoms with E-state index in [1.165, 1.54) is 12.1 Å². The van der Waals surface area contributed by atoms with E-state index in [4.69, 9.17) is 9.72 Å². The molecular formula is C18H20N6O. The molecule has 5 heterocycles. The molecule has 0 aromatic carbocycles. The number of hydrogen-bond donors (Lipinski definition) is 0. The molecule has 2 fully saturated rings. The molecule has 0 amide bonds. The van der Waals surface area contributed by atoms with Crippen molar-refractivity contribution >= 4 is 17.3 Å². The predicted octanol–water partition coefficient (Wildman–Crippen LogP) is 1.84. The van der Waals surface area contributed by atoms with Crippen molar-refractivity contribution in [1.29, 1.82) is 0 Å². The lowest BCUT2D eigenvalue weighted by Crippen LogP contribution is -2.37. The molecule has 0 atom stereocenters. The molecule has 7 nitrogen and oxygen atoms in total. The summed E-state index contributed by atoms with van der Waals surface area (Å²) in [6.07, 6.45) is 7.14. The van der Waals surface area contributed by atoms with Crippen LogP contribution in [0.2, 0.25) is 0 Å². The Morgan fingerprint density at radius 2 is 1.80 bits per heavy atom. The number of fused-ring (bicyclic) bond motifs is 1. The van der Waals surface area contributed by atoms with Crippen molar-refractivity contribution < 1.29 is 4.74 Å². The van der Waals surface area contributed by atoms with Gasteiger partial charge in [-0.15, -0.1) is 0 Å². The molecule has 2 saturated heterocycles. The number of morpholine rings is 1. The summed E-state index contributed by atoms with van der Waals surface area (Å²) >= 11 is 0. The zero-order valence-electron chi connectivity index (χ0n) is 14.0. The van der Waals surface area contributed by atoms with Gasteiger partial charge in [-0.3, -0.25) is 4.40 Å². The van der Waals surface area contributed by atoms with E-state index >= 15 is 0 Å². The zero-order valence-corrected chi connectivity index (χ0v) is 14.0. The molecule has 25 heavy (non-hydrogen) atoms. The first kappa shape index (κ1) is 14.7. The van der Waals surface area contributed by atoms with Gasteiger partial charge in [-0.1, -0.05) is 0 Å². The second kappa shape index (κ2) is 6.00. The van der Waals surface area contributed by atoms with E-state index < -0.39 is 0 Å². The maximum atomic E-state index is 5.42. The molecule has 2 aliphatic heterocycles. The number of rotatable bonds is 3. The van der Waals surface area contributed by atoms with E-state index in [9.17, 15) is 0 Å². The lowest BCUT2D eigenvalue weighted by molar-refractivity contribution is 0.122. The molecule has 7 heteroatoms. The summed E-state index contributed by atoms with van der Waals surface area (Å²) in [6, 6.07) is 6.16. The van der Waals surface area contributed by atoms with Crippen molar-refractivity contribution in [3.63, 3.8) is 0 Å². The average Bonchev–Trinajstić information content (AvgIpc) is 3.04. The van der Waals surface area contributed by atoms with E-state index in [1.807, 2.05) is 18.5 Å². The van der Waals surface area contributed by atoms with E-state index in [1.54, 1.807) is 0 Å². The van der Waals surface area contributed by atoms with Gasteiger partial charge in [0.15, 0.2) is 0 Å². The fraction of sp³-hybridized carbons (Fsp3) is 0.389. The molecule has 0 N–H and O–H groups in total. The van der Waals surface area contributed by atoms with Crippen LogP contribution in [0.1, 0.15) is 6.42 Å². The third kappa shape index (κ3) is 2.60. The minimum Gasteiger partial charge on any atom is -0.378 e. The first-order chi connectivity index (χ1) is 12.4. The Morgan fingerprint density at radius 1 is 0.920 bits per heavy atom. The quantitative estimate of drug-likeness (QED) is 0.727. The van der Waals surface area contributed by atoms with Crippen LogP contribution in [0.25, 0.3) is 17.0 Å². The van der Waals surface area contributed by atoms with Gasteiger partial charge in [0.25, 0.3) is 0 Å². The Kier molecular flexibility index (Phi) is 3.52. The number of imidazole rings is 1. The summed E-state index contributed by atoms with van der Waals surface area (Å²) < 4.78 is 7.54. The highest BCUT2D eigenvalue weighted by Crippen LogP contribution is 2.25. The molecule has 0 spiro atoms. The average molecular weight is 336 g/mol. The van der Waals surface area contributed by atoms with Gasteiger partial charge in [0.05, 0.1) is 36.5 Å². The highest BCUT2D eigenvalue weighted by molar-refractivity contribution is 5.64. The fourth-order valence-electron chi connectivity index (χ4n) is 3.33. The Bertz CT molecular complexity index is 897. The van der Waals surface area contributed by atoms with Gasteiger partial charge in [0.2, 0.25) is 5.95 Å². The normalized spacial score (nSPS) is 17.8. The zero-order chi connectivity index (χ0) is 16.6. The highest BCUT2D eigenvalue weighted by atomic mass is 16.5. The first-order valence-corrected chi connectivity index (χ1v) is 8.77. The summed E-state index contributed by atoms with van der Waals surface area (Å²) in [4.78, 5) is 18.3. The van der Waals surface area contributed by atoms with Gasteiger partial charge in [0, 0.05) is 38.6 Å². The minimum absolute atomic E-state index is 0.725. The van der Waals surface area contributed by atoms with Crippen molar-refractivity contribution in [1.82, 2.24) is 19.4 Å². The topological polar surface area (TPSA) is 58.8 Å². The standard InChI is InChI=1S/C18H20N6O/c1-6-22(7-1)14-2-3-17-20-12-16(24(17)13-14)15-4-5-19-18(21-15)23-8-10-25-11-9-23/h2-5,12-13H,1,6-11H2. The Labute approximate surface area is 145 Å². The molecule has 0 saturated carbocycles. The van der Waals surface area contributed by atoms with E-state index in [0.29, 0.717) is 0 Å². The molecular weight excluding hydrogens is 316 g/mol. The van der Waals surface area contributed by atoms with Crippen molar-refractivity contribution in [3.05, 3.63) is 36.8 Å². The molecule has 3 aromatic rings. The van der Waals surface area contributed by atoms with Crippen LogP contribution in [0.5, 0.6) is 0 Å². The van der Waals surface area contributed by atoms with Crippen LogP contribution in [0.15, 0.2) is 36.8 Å². The lowest BCUT2D eigenvalue weighted by Gasteiger charge is -2.33. The van der Waals surface area contributed by atoms with Crippen LogP contribution >= 0.6 is 0 Å². The maximum absolute atomic E-state index is 5.42. The van der Waals surface area contributed by atoms with Gasteiger partial charge in [-0.2, -0.15) is 0 Å². The fourth-order valence-corrected chi connectivity index (χ4v) is 3.33. The van der Waals surface area contributed by atoms with Gasteiger partial charge >= 0.3 is 0 Å². The summed E-state index contributed by atoms with van der Waals surface area (Å²) in [5, 5.41) is 0. The van der Waals surface area contributed by atoms with Crippen LogP contribution in [0, 0.1) is 0 Å². The van der Waals surface area contributed by atoms with Crippen LogP contribution in [-0.4, -0.2) is 58.7 Å². The molecule has 0 radical (unpaired) electrons. The molecule has 0 bridgehead atoms. The number of hydrogen-bond acceptors (Lipinski definition) is 6. The van der Waals surface area contributed by atoms with E-state index in [-0.39, 0.29) is 0 Å². The first-order valence-electron chi connectivity index (χ1n) is 8.77. The van der Waals surface area contributed by atoms with Crippen molar-refractivity contribution in [2.24, 2.45) is 0 Å². The number of anilines is 2. The number of ether oxygens (including phenoxy) is 1. The van der Waals surface area contributed by atoms with Crippen molar-refractivity contribution in [2.75, 3.05) is 49.2 Å². The second-order valence-electron chi connectivity index (χ2n) is 6.44. The largest absolute Gasteiger partial charge is 0.378 e. The van der Waals surface area contributed by atoms with Gasteiger partial charge in [-0.05, 0) is 24.6 Å². The van der Waals surface area contributed by atoms with Gasteiger partial charge < -0.3 is 14.5 Å². The summed E-state index contributed by atoms with van der Waals surface area (Å²) in [6.45, 7) is 5.37. The number of aromatic nitrogens is 4. The van der Waals surface area contributed by atoms with Crippen molar-refractivity contribution in [3.8, 4) is 11.4 Å². The summed E-state index contributed by atoms with van der Waals surface area (Å²) in [5.41, 5.74) is 4.06. The molecule has 3 aromatic heterocycles. The highest BCUT2D eigenvalue weighted by Gasteiger charge is 2.18. The Morgan fingerprint density at radius 3 is 2.60 bits per heavy atom. The third-order valence-electron chi connectivity index (χ3n) is 4.91. The molecule has 0 unspecified atom stereocenters. The van der Waals surface area contributed by atoms with Crippen LogP contribution < -0.4 is 9.80 Å². The SMILES string of the molecule is c1cc(-c2cnc3ccc(N4CCC4)cn23)nc(N2CCOCC2)n1. The monoisotopic (exact) mass is 336 g/mol. The van der Waals surface area contributed by atoms with Crippen LogP contribution in [-0.2, 0) is 4.74 Å². The number of pyridine rings is 1. The second-order valence-corrected chi connectivity index (χ2v) is 6.44. The van der Waals surface area contributed by atoms with Gasteiger partial charge in [-0.25, -0.2) is 15.0 Å². The van der Waals surface area contributed by atoms with Crippen LogP contribution in [0.3, 0.4) is 0 Å². The van der Waals surface area contributed by atoms with E-state index in [0.717, 1.165) is 62.4 Å². The molecule has 2 aliphatic rings. The minimum atomic E-state index is 0.725. The lowest BCUT2D eigenvalue weighted by atomic mass is 10.2. The maximum Gasteiger partial charge on any atom is 0.226 e. The molecule has 5 rings (SSSR count). The Balaban J connectivity index is 1.53. The third-order valence-corrected chi connectivity index (χ3v) is 4.91. The molecule has 128 valence electrons. The van der Waals surface area contributed by atoms with E-state index in [2.05, 4.69) is 42.5 Å². The number of nitrogens with zero attached hydrogens (tertiary/aromatic N) is 6. The van der Waals surface area contributed by atoms with Gasteiger partial charge in [0.1, 0.15) is 5.65 Å². The predicted molar refractivity (Wildman–Crippen MR) is 96.1 cm³/mol. The smallest absolute Gasteiger partial charge is 0.226 e. The summed E-state index contributed by atoms with van der Waals surface area (Å²) in [5.74, 6) is 0.759. The van der Waals surface area contributed by atoms with Crippen molar-refractivity contribution in [2.45, 2.75) is 6.42 Å². The molecule has 0 aliphatic carbocycles.